The number of benzene rings is 1. The lowest BCUT2D eigenvalue weighted by Gasteiger charge is -2.27. The molecule has 1 heterocycles. The highest BCUT2D eigenvalue weighted by molar-refractivity contribution is 9.10. The van der Waals surface area contributed by atoms with Crippen LogP contribution in [0.4, 0.5) is 4.39 Å². The minimum absolute atomic E-state index is 0.134. The number of nitrogens with one attached hydrogen (secondary N) is 1. The van der Waals surface area contributed by atoms with E-state index in [0.717, 1.165) is 4.47 Å². The molecule has 0 bridgehead atoms. The van der Waals surface area contributed by atoms with Crippen molar-refractivity contribution >= 4 is 26.7 Å². The summed E-state index contributed by atoms with van der Waals surface area (Å²) in [5.74, 6) is 0.234. The highest BCUT2D eigenvalue weighted by Gasteiger charge is 2.26. The summed E-state index contributed by atoms with van der Waals surface area (Å²) in [5, 5.41) is 3.38. The van der Waals surface area contributed by atoms with Crippen LogP contribution >= 0.6 is 15.9 Å². The summed E-state index contributed by atoms with van der Waals surface area (Å²) in [6.07, 6.45) is 0. The van der Waals surface area contributed by atoms with Crippen molar-refractivity contribution in [2.45, 2.75) is 18.2 Å². The topological polar surface area (TPSA) is 29.1 Å². The summed E-state index contributed by atoms with van der Waals surface area (Å²) >= 11 is 3.22. The number of rotatable bonds is 1. The van der Waals surface area contributed by atoms with Crippen LogP contribution in [0.15, 0.2) is 22.7 Å². The minimum Gasteiger partial charge on any atom is -0.308 e. The van der Waals surface area contributed by atoms with Crippen LogP contribution in [-0.4, -0.2) is 21.8 Å². The molecule has 1 aromatic carbocycles. The first-order chi connectivity index (χ1) is 7.58. The zero-order valence-corrected chi connectivity index (χ0v) is 11.3. The lowest BCUT2D eigenvalue weighted by atomic mass is 10.1. The molecular formula is C11H13BrFNOS. The van der Waals surface area contributed by atoms with Crippen LogP contribution in [0.1, 0.15) is 18.5 Å². The SMILES string of the molecule is CC1CNC(c2ccc(Br)cc2F)CS1=O. The Morgan fingerprint density at radius 2 is 2.31 bits per heavy atom. The molecule has 1 aliphatic rings. The standard InChI is InChI=1S/C11H13BrFNOS/c1-7-5-14-11(6-16(7)15)9-3-2-8(12)4-10(9)13/h2-4,7,11,14H,5-6H2,1H3. The first-order valence-electron chi connectivity index (χ1n) is 5.13. The van der Waals surface area contributed by atoms with E-state index in [1.54, 1.807) is 12.1 Å². The second-order valence-corrected chi connectivity index (χ2v) is 6.80. The van der Waals surface area contributed by atoms with Gasteiger partial charge in [0, 0.05) is 44.4 Å². The highest BCUT2D eigenvalue weighted by atomic mass is 79.9. The van der Waals surface area contributed by atoms with Gasteiger partial charge in [-0.2, -0.15) is 0 Å². The molecule has 3 unspecified atom stereocenters. The van der Waals surface area contributed by atoms with Crippen molar-refractivity contribution < 1.29 is 8.60 Å². The van der Waals surface area contributed by atoms with Gasteiger partial charge in [0.1, 0.15) is 5.82 Å². The van der Waals surface area contributed by atoms with Crippen LogP contribution in [0.25, 0.3) is 0 Å². The van der Waals surface area contributed by atoms with Crippen LogP contribution in [0.5, 0.6) is 0 Å². The summed E-state index contributed by atoms with van der Waals surface area (Å²) in [5.41, 5.74) is 0.600. The van der Waals surface area contributed by atoms with E-state index >= 15 is 0 Å². The summed E-state index contributed by atoms with van der Waals surface area (Å²) < 4.78 is 26.1. The molecule has 1 aromatic rings. The molecule has 0 spiro atoms. The number of hydrogen-bond acceptors (Lipinski definition) is 2. The zero-order valence-electron chi connectivity index (χ0n) is 8.87. The van der Waals surface area contributed by atoms with Crippen molar-refractivity contribution in [1.82, 2.24) is 5.32 Å². The maximum absolute atomic E-state index is 13.7. The molecule has 0 radical (unpaired) electrons. The Hall–Kier alpha value is -0.260. The van der Waals surface area contributed by atoms with E-state index in [4.69, 9.17) is 0 Å². The molecule has 3 atom stereocenters. The maximum Gasteiger partial charge on any atom is 0.129 e. The molecule has 16 heavy (non-hydrogen) atoms. The van der Waals surface area contributed by atoms with E-state index in [1.807, 2.05) is 6.92 Å². The monoisotopic (exact) mass is 305 g/mol. The summed E-state index contributed by atoms with van der Waals surface area (Å²) in [6.45, 7) is 2.62. The first-order valence-corrected chi connectivity index (χ1v) is 7.31. The molecular weight excluding hydrogens is 293 g/mol. The van der Waals surface area contributed by atoms with Gasteiger partial charge in [-0.1, -0.05) is 22.0 Å². The van der Waals surface area contributed by atoms with Crippen LogP contribution in [0, 0.1) is 5.82 Å². The summed E-state index contributed by atoms with van der Waals surface area (Å²) in [4.78, 5) is 0. The van der Waals surface area contributed by atoms with Crippen LogP contribution in [-0.2, 0) is 10.8 Å². The Balaban J connectivity index is 2.22. The van der Waals surface area contributed by atoms with Gasteiger partial charge in [0.25, 0.3) is 0 Å². The Labute approximate surface area is 105 Å². The third kappa shape index (κ3) is 2.52. The fraction of sp³-hybridized carbons (Fsp3) is 0.455. The molecule has 1 saturated heterocycles. The smallest absolute Gasteiger partial charge is 0.129 e. The van der Waals surface area contributed by atoms with Crippen molar-refractivity contribution in [2.75, 3.05) is 12.3 Å². The second kappa shape index (κ2) is 4.94. The average molecular weight is 306 g/mol. The van der Waals surface area contributed by atoms with Crippen LogP contribution in [0.3, 0.4) is 0 Å². The molecule has 2 rings (SSSR count). The fourth-order valence-electron chi connectivity index (χ4n) is 1.77. The van der Waals surface area contributed by atoms with Gasteiger partial charge >= 0.3 is 0 Å². The third-order valence-corrected chi connectivity index (χ3v) is 4.99. The zero-order chi connectivity index (χ0) is 11.7. The Bertz CT molecular complexity index is 426. The molecule has 0 amide bonds. The molecule has 0 aliphatic carbocycles. The van der Waals surface area contributed by atoms with Crippen LogP contribution in [0.2, 0.25) is 0 Å². The lowest BCUT2D eigenvalue weighted by molar-refractivity contribution is 0.510. The quantitative estimate of drug-likeness (QED) is 0.863. The number of halogens is 2. The molecule has 88 valence electrons. The van der Waals surface area contributed by atoms with Crippen molar-refractivity contribution in [1.29, 1.82) is 0 Å². The predicted octanol–water partition coefficient (Wildman–Crippen LogP) is 2.37. The van der Waals surface area contributed by atoms with Crippen LogP contribution < -0.4 is 5.32 Å². The minimum atomic E-state index is -0.870. The van der Waals surface area contributed by atoms with E-state index in [2.05, 4.69) is 21.2 Å². The van der Waals surface area contributed by atoms with Gasteiger partial charge in [0.2, 0.25) is 0 Å². The number of hydrogen-bond donors (Lipinski definition) is 1. The van der Waals surface area contributed by atoms with E-state index in [0.29, 0.717) is 17.9 Å². The average Bonchev–Trinajstić information content (AvgIpc) is 2.22. The molecule has 0 saturated carbocycles. The van der Waals surface area contributed by atoms with Crippen molar-refractivity contribution in [2.24, 2.45) is 0 Å². The predicted molar refractivity (Wildman–Crippen MR) is 67.3 cm³/mol. The van der Waals surface area contributed by atoms with Gasteiger partial charge in [-0.3, -0.25) is 4.21 Å². The second-order valence-electron chi connectivity index (χ2n) is 3.98. The van der Waals surface area contributed by atoms with Gasteiger partial charge in [-0.25, -0.2) is 4.39 Å². The van der Waals surface area contributed by atoms with Gasteiger partial charge < -0.3 is 5.32 Å². The fourth-order valence-corrected chi connectivity index (χ4v) is 3.34. The van der Waals surface area contributed by atoms with E-state index in [1.165, 1.54) is 6.07 Å². The third-order valence-electron chi connectivity index (χ3n) is 2.77. The first kappa shape index (κ1) is 12.2. The van der Waals surface area contributed by atoms with Gasteiger partial charge in [-0.05, 0) is 19.1 Å². The molecule has 0 aromatic heterocycles. The van der Waals surface area contributed by atoms with E-state index in [9.17, 15) is 8.60 Å². The Morgan fingerprint density at radius 1 is 1.56 bits per heavy atom. The molecule has 1 fully saturated rings. The van der Waals surface area contributed by atoms with Crippen molar-refractivity contribution in [3.8, 4) is 0 Å². The van der Waals surface area contributed by atoms with Crippen molar-refractivity contribution in [3.63, 3.8) is 0 Å². The van der Waals surface area contributed by atoms with Gasteiger partial charge in [-0.15, -0.1) is 0 Å². The normalized spacial score (nSPS) is 30.3. The summed E-state index contributed by atoms with van der Waals surface area (Å²) in [7, 11) is -0.870. The van der Waals surface area contributed by atoms with Gasteiger partial charge in [0.05, 0.1) is 0 Å². The molecule has 1 N–H and O–H groups in total. The highest BCUT2D eigenvalue weighted by Crippen LogP contribution is 2.24. The Kier molecular flexibility index (Phi) is 3.77. The maximum atomic E-state index is 13.7. The van der Waals surface area contributed by atoms with Crippen molar-refractivity contribution in [3.05, 3.63) is 34.1 Å². The largest absolute Gasteiger partial charge is 0.308 e. The van der Waals surface area contributed by atoms with E-state index in [-0.39, 0.29) is 17.1 Å². The Morgan fingerprint density at radius 3 is 2.94 bits per heavy atom. The molecule has 5 heteroatoms. The lowest BCUT2D eigenvalue weighted by Crippen LogP contribution is -2.41. The van der Waals surface area contributed by atoms with E-state index < -0.39 is 10.8 Å². The summed E-state index contributed by atoms with van der Waals surface area (Å²) in [6, 6.07) is 4.86. The molecule has 2 nitrogen and oxygen atoms in total. The van der Waals surface area contributed by atoms with Gasteiger partial charge in [0.15, 0.2) is 0 Å². The molecule has 1 aliphatic heterocycles.